The normalized spacial score (nSPS) is 24.4. The van der Waals surface area contributed by atoms with Gasteiger partial charge in [-0.25, -0.2) is 0 Å². The van der Waals surface area contributed by atoms with E-state index in [4.69, 9.17) is 9.90 Å². The lowest BCUT2D eigenvalue weighted by Gasteiger charge is -2.52. The number of likely N-dealkylation sites (tertiary alicyclic amines) is 1. The molecular formula is C25H38N2O5S. The van der Waals surface area contributed by atoms with Gasteiger partial charge in [0, 0.05) is 48.6 Å². The molecule has 7 nitrogen and oxygen atoms in total. The summed E-state index contributed by atoms with van der Waals surface area (Å²) in [4.78, 5) is 23.4. The van der Waals surface area contributed by atoms with Crippen molar-refractivity contribution in [2.75, 3.05) is 25.9 Å². The number of thiol groups is 1. The average molecular weight is 479 g/mol. The molecule has 1 aromatic carbocycles. The van der Waals surface area contributed by atoms with Crippen molar-refractivity contribution in [3.05, 3.63) is 34.9 Å². The number of aliphatic carboxylic acids is 1. The number of carboxylic acids is 1. The van der Waals surface area contributed by atoms with Gasteiger partial charge in [-0.1, -0.05) is 12.2 Å². The van der Waals surface area contributed by atoms with Crippen molar-refractivity contribution in [3.8, 4) is 11.5 Å². The number of piperidine rings is 1. The van der Waals surface area contributed by atoms with Crippen molar-refractivity contribution in [3.63, 3.8) is 0 Å². The van der Waals surface area contributed by atoms with E-state index in [2.05, 4.69) is 49.0 Å². The SMILES string of the molecule is CC(=O)O.Cc1c(CCC(=O)NCCS)cc(O)c(O)c1C12CCC=CC1C(C)N(C)CC2. The summed E-state index contributed by atoms with van der Waals surface area (Å²) in [6, 6.07) is 1.99. The molecule has 4 N–H and O–H groups in total. The number of nitrogens with zero attached hydrogens (tertiary/aromatic N) is 1. The highest BCUT2D eigenvalue weighted by Gasteiger charge is 2.49. The van der Waals surface area contributed by atoms with Crippen LogP contribution in [-0.2, 0) is 21.4 Å². The van der Waals surface area contributed by atoms with Gasteiger partial charge in [0.1, 0.15) is 0 Å². The molecule has 0 spiro atoms. The summed E-state index contributed by atoms with van der Waals surface area (Å²) in [5.74, 6) is -0.0163. The number of carboxylic acid groups (broad SMARTS) is 1. The number of rotatable bonds is 6. The van der Waals surface area contributed by atoms with Gasteiger partial charge in [0.05, 0.1) is 0 Å². The van der Waals surface area contributed by atoms with Crippen molar-refractivity contribution in [1.29, 1.82) is 0 Å². The van der Waals surface area contributed by atoms with Crippen LogP contribution in [0.4, 0.5) is 0 Å². The standard InChI is InChI=1S/C23H34N2O3S.C2H4O2/c1-15-17(7-8-20(27)24-11-13-29)14-19(26)22(28)21(15)23-9-5-4-6-18(23)16(2)25(3)12-10-23;1-2(3)4/h4,6,14,16,18,26,28-29H,5,7-13H2,1-3H3,(H,24,27);1H3,(H,3,4). The number of phenols is 2. The third kappa shape index (κ3) is 6.23. The lowest BCUT2D eigenvalue weighted by atomic mass is 9.58. The van der Waals surface area contributed by atoms with Gasteiger partial charge in [-0.15, -0.1) is 0 Å². The molecule has 1 aliphatic heterocycles. The molecule has 1 amide bonds. The number of allylic oxidation sites excluding steroid dienone is 1. The smallest absolute Gasteiger partial charge is 0.300 e. The molecule has 1 saturated heterocycles. The first-order valence-corrected chi connectivity index (χ1v) is 12.2. The molecule has 3 unspecified atom stereocenters. The first-order chi connectivity index (χ1) is 15.5. The Morgan fingerprint density at radius 1 is 1.30 bits per heavy atom. The van der Waals surface area contributed by atoms with E-state index in [1.54, 1.807) is 6.07 Å². The van der Waals surface area contributed by atoms with Gasteiger partial charge >= 0.3 is 0 Å². The number of nitrogens with one attached hydrogen (secondary N) is 1. The van der Waals surface area contributed by atoms with Crippen molar-refractivity contribution in [1.82, 2.24) is 10.2 Å². The Morgan fingerprint density at radius 3 is 2.61 bits per heavy atom. The molecular weight excluding hydrogens is 440 g/mol. The molecule has 0 bridgehead atoms. The summed E-state index contributed by atoms with van der Waals surface area (Å²) in [6.45, 7) is 6.87. The second kappa shape index (κ2) is 11.8. The maximum atomic E-state index is 12.1. The summed E-state index contributed by atoms with van der Waals surface area (Å²) in [5.41, 5.74) is 2.65. The van der Waals surface area contributed by atoms with E-state index < -0.39 is 5.97 Å². The van der Waals surface area contributed by atoms with Crippen molar-refractivity contribution >= 4 is 24.5 Å². The van der Waals surface area contributed by atoms with E-state index >= 15 is 0 Å². The van der Waals surface area contributed by atoms with Crippen LogP contribution in [0.15, 0.2) is 18.2 Å². The van der Waals surface area contributed by atoms with Crippen LogP contribution in [0.5, 0.6) is 11.5 Å². The van der Waals surface area contributed by atoms with Gasteiger partial charge in [-0.3, -0.25) is 9.59 Å². The average Bonchev–Trinajstić information content (AvgIpc) is 2.76. The van der Waals surface area contributed by atoms with Gasteiger partial charge in [-0.2, -0.15) is 12.6 Å². The summed E-state index contributed by atoms with van der Waals surface area (Å²) >= 11 is 4.12. The largest absolute Gasteiger partial charge is 0.504 e. The molecule has 3 rings (SSSR count). The number of aryl methyl sites for hydroxylation is 1. The van der Waals surface area contributed by atoms with Gasteiger partial charge in [0.25, 0.3) is 5.97 Å². The van der Waals surface area contributed by atoms with E-state index in [-0.39, 0.29) is 28.7 Å². The number of amides is 1. The summed E-state index contributed by atoms with van der Waals surface area (Å²) in [6.07, 6.45) is 8.33. The molecule has 2 aliphatic rings. The van der Waals surface area contributed by atoms with Crippen molar-refractivity contribution < 1.29 is 24.9 Å². The maximum Gasteiger partial charge on any atom is 0.300 e. The maximum absolute atomic E-state index is 12.1. The van der Waals surface area contributed by atoms with E-state index in [1.807, 2.05) is 6.92 Å². The Hall–Kier alpha value is -2.19. The second-order valence-electron chi connectivity index (χ2n) is 9.12. The number of carbonyl (C=O) groups excluding carboxylic acids is 1. The topological polar surface area (TPSA) is 110 Å². The fourth-order valence-corrected chi connectivity index (χ4v) is 5.44. The number of aromatic hydroxyl groups is 2. The van der Waals surface area contributed by atoms with Gasteiger partial charge < -0.3 is 25.5 Å². The van der Waals surface area contributed by atoms with Crippen LogP contribution in [0.2, 0.25) is 0 Å². The van der Waals surface area contributed by atoms with E-state index in [9.17, 15) is 15.0 Å². The number of fused-ring (bicyclic) bond motifs is 1. The third-order valence-corrected chi connectivity index (χ3v) is 7.29. The first kappa shape index (κ1) is 27.1. The molecule has 0 saturated carbocycles. The zero-order chi connectivity index (χ0) is 24.8. The molecule has 1 fully saturated rings. The Labute approximate surface area is 202 Å². The zero-order valence-electron chi connectivity index (χ0n) is 20.1. The van der Waals surface area contributed by atoms with Gasteiger partial charge in [0.15, 0.2) is 11.5 Å². The highest BCUT2D eigenvalue weighted by molar-refractivity contribution is 7.80. The molecule has 1 aromatic rings. The predicted molar refractivity (Wildman–Crippen MR) is 133 cm³/mol. The summed E-state index contributed by atoms with van der Waals surface area (Å²) < 4.78 is 0. The quantitative estimate of drug-likeness (QED) is 0.244. The van der Waals surface area contributed by atoms with Gasteiger partial charge in [0.2, 0.25) is 5.91 Å². The van der Waals surface area contributed by atoms with Crippen LogP contribution in [0.25, 0.3) is 0 Å². The minimum Gasteiger partial charge on any atom is -0.504 e. The lowest BCUT2D eigenvalue weighted by molar-refractivity contribution is -0.134. The van der Waals surface area contributed by atoms with E-state index in [0.717, 1.165) is 49.4 Å². The zero-order valence-corrected chi connectivity index (χ0v) is 21.0. The van der Waals surface area contributed by atoms with Crippen LogP contribution >= 0.6 is 12.6 Å². The Morgan fingerprint density at radius 2 is 1.97 bits per heavy atom. The van der Waals surface area contributed by atoms with E-state index in [1.165, 1.54) is 0 Å². The van der Waals surface area contributed by atoms with Gasteiger partial charge in [-0.05, 0) is 70.3 Å². The van der Waals surface area contributed by atoms with Crippen LogP contribution in [0.1, 0.15) is 56.2 Å². The number of benzene rings is 1. The Bertz CT molecular complexity index is 884. The summed E-state index contributed by atoms with van der Waals surface area (Å²) in [5, 5.41) is 31.8. The molecule has 3 atom stereocenters. The Balaban J connectivity index is 0.000000890. The fraction of sp³-hybridized carbons (Fsp3) is 0.600. The Kier molecular flexibility index (Phi) is 9.67. The molecule has 1 aliphatic carbocycles. The minimum absolute atomic E-state index is 0.0165. The number of phenolic OH excluding ortho intramolecular Hbond substituents is 2. The fourth-order valence-electron chi connectivity index (χ4n) is 5.33. The molecule has 1 heterocycles. The molecule has 184 valence electrons. The van der Waals surface area contributed by atoms with Crippen LogP contribution in [0, 0.1) is 12.8 Å². The molecule has 33 heavy (non-hydrogen) atoms. The first-order valence-electron chi connectivity index (χ1n) is 11.5. The molecule has 0 radical (unpaired) electrons. The minimum atomic E-state index is -0.833. The highest BCUT2D eigenvalue weighted by atomic mass is 32.1. The van der Waals surface area contributed by atoms with Crippen LogP contribution < -0.4 is 5.32 Å². The monoisotopic (exact) mass is 478 g/mol. The molecule has 0 aromatic heterocycles. The predicted octanol–water partition coefficient (Wildman–Crippen LogP) is 3.40. The van der Waals surface area contributed by atoms with Crippen molar-refractivity contribution in [2.45, 2.75) is 64.3 Å². The number of carbonyl (C=O) groups is 2. The van der Waals surface area contributed by atoms with E-state index in [0.29, 0.717) is 31.2 Å². The number of hydrogen-bond acceptors (Lipinski definition) is 6. The summed E-state index contributed by atoms with van der Waals surface area (Å²) in [7, 11) is 2.15. The van der Waals surface area contributed by atoms with Crippen LogP contribution in [-0.4, -0.2) is 64.0 Å². The number of hydrogen-bond donors (Lipinski definition) is 5. The highest BCUT2D eigenvalue weighted by Crippen LogP contribution is 2.54. The van der Waals surface area contributed by atoms with Crippen molar-refractivity contribution in [2.24, 2.45) is 5.92 Å². The van der Waals surface area contributed by atoms with Crippen LogP contribution in [0.3, 0.4) is 0 Å². The third-order valence-electron chi connectivity index (χ3n) is 7.06. The molecule has 8 heteroatoms. The second-order valence-corrected chi connectivity index (χ2v) is 9.56. The lowest BCUT2D eigenvalue weighted by Crippen LogP contribution is -2.54.